The average Bonchev–Trinajstić information content (AvgIpc) is 2.48. The number of hydrogen-bond donors (Lipinski definition) is 1. The fourth-order valence-electron chi connectivity index (χ4n) is 2.30. The zero-order valence-electron chi connectivity index (χ0n) is 10.9. The van der Waals surface area contributed by atoms with E-state index in [-0.39, 0.29) is 0 Å². The average molecular weight is 248 g/mol. The van der Waals surface area contributed by atoms with Crippen LogP contribution in [0.15, 0.2) is 60.7 Å². The lowest BCUT2D eigenvalue weighted by atomic mass is 10.0. The Morgan fingerprint density at radius 3 is 2.47 bits per heavy atom. The molecular weight excluding hydrogens is 232 g/mol. The number of pyridine rings is 1. The van der Waals surface area contributed by atoms with Gasteiger partial charge in [-0.2, -0.15) is 0 Å². The number of para-hydroxylation sites is 1. The first-order chi connectivity index (χ1) is 9.38. The largest absolute Gasteiger partial charge is 0.370 e. The molecule has 0 radical (unpaired) electrons. The maximum absolute atomic E-state index is 4.64. The highest BCUT2D eigenvalue weighted by Crippen LogP contribution is 2.29. The summed E-state index contributed by atoms with van der Waals surface area (Å²) in [6.45, 7) is 2.96. The summed E-state index contributed by atoms with van der Waals surface area (Å²) in [6.07, 6.45) is 0. The molecule has 3 rings (SSSR count). The van der Waals surface area contributed by atoms with Crippen LogP contribution in [-0.4, -0.2) is 11.5 Å². The highest BCUT2D eigenvalue weighted by atomic mass is 15.0. The van der Waals surface area contributed by atoms with Gasteiger partial charge in [0.25, 0.3) is 0 Å². The van der Waals surface area contributed by atoms with Crippen molar-refractivity contribution in [2.24, 2.45) is 0 Å². The summed E-state index contributed by atoms with van der Waals surface area (Å²) in [7, 11) is 0. The van der Waals surface area contributed by atoms with Crippen molar-refractivity contribution in [1.82, 2.24) is 4.98 Å². The minimum Gasteiger partial charge on any atom is -0.370 e. The Morgan fingerprint density at radius 1 is 0.947 bits per heavy atom. The number of hydrogen-bond acceptors (Lipinski definition) is 2. The molecule has 2 aromatic carbocycles. The molecule has 0 aliphatic carbocycles. The molecule has 94 valence electrons. The maximum Gasteiger partial charge on any atom is 0.127 e. The van der Waals surface area contributed by atoms with Crippen molar-refractivity contribution in [2.75, 3.05) is 11.9 Å². The molecule has 0 atom stereocenters. The number of nitrogens with one attached hydrogen (secondary N) is 1. The molecule has 19 heavy (non-hydrogen) atoms. The smallest absolute Gasteiger partial charge is 0.127 e. The van der Waals surface area contributed by atoms with Gasteiger partial charge in [-0.3, -0.25) is 0 Å². The molecule has 2 heteroatoms. The van der Waals surface area contributed by atoms with E-state index in [4.69, 9.17) is 0 Å². The van der Waals surface area contributed by atoms with Crippen molar-refractivity contribution in [3.8, 4) is 11.1 Å². The van der Waals surface area contributed by atoms with Crippen LogP contribution in [0, 0.1) is 0 Å². The molecule has 1 N–H and O–H groups in total. The predicted molar refractivity (Wildman–Crippen MR) is 81.3 cm³/mol. The molecule has 0 saturated carbocycles. The summed E-state index contributed by atoms with van der Waals surface area (Å²) in [5.74, 6) is 0.931. The number of rotatable bonds is 3. The fourth-order valence-corrected chi connectivity index (χ4v) is 2.30. The zero-order chi connectivity index (χ0) is 13.1. The Kier molecular flexibility index (Phi) is 3.15. The minimum absolute atomic E-state index is 0.875. The van der Waals surface area contributed by atoms with Crippen molar-refractivity contribution in [3.05, 3.63) is 60.7 Å². The normalized spacial score (nSPS) is 10.6. The van der Waals surface area contributed by atoms with Gasteiger partial charge in [-0.1, -0.05) is 48.5 Å². The molecule has 0 unspecified atom stereocenters. The van der Waals surface area contributed by atoms with Crippen LogP contribution < -0.4 is 5.32 Å². The van der Waals surface area contributed by atoms with Crippen molar-refractivity contribution >= 4 is 16.7 Å². The Morgan fingerprint density at radius 2 is 1.68 bits per heavy atom. The number of nitrogens with zero attached hydrogens (tertiary/aromatic N) is 1. The molecule has 0 amide bonds. The lowest BCUT2D eigenvalue weighted by Crippen LogP contribution is -2.00. The first-order valence-electron chi connectivity index (χ1n) is 6.57. The van der Waals surface area contributed by atoms with Crippen LogP contribution in [0.5, 0.6) is 0 Å². The standard InChI is InChI=1S/C17H16N2/c1-2-18-17-12-15(13-8-4-3-5-9-13)14-10-6-7-11-16(14)19-17/h3-12H,2H2,1H3,(H,18,19). The van der Waals surface area contributed by atoms with E-state index in [1.165, 1.54) is 16.5 Å². The Bertz CT molecular complexity index is 690. The molecule has 2 nitrogen and oxygen atoms in total. The van der Waals surface area contributed by atoms with Crippen molar-refractivity contribution in [3.63, 3.8) is 0 Å². The van der Waals surface area contributed by atoms with E-state index in [0.717, 1.165) is 17.9 Å². The molecule has 0 saturated heterocycles. The number of anilines is 1. The van der Waals surface area contributed by atoms with Crippen LogP contribution in [-0.2, 0) is 0 Å². The summed E-state index contributed by atoms with van der Waals surface area (Å²) in [4.78, 5) is 4.64. The second-order valence-corrected chi connectivity index (χ2v) is 4.47. The van der Waals surface area contributed by atoms with E-state index in [2.05, 4.69) is 65.8 Å². The van der Waals surface area contributed by atoms with Crippen molar-refractivity contribution < 1.29 is 0 Å². The van der Waals surface area contributed by atoms with Gasteiger partial charge in [-0.15, -0.1) is 0 Å². The minimum atomic E-state index is 0.875. The molecule has 0 fully saturated rings. The van der Waals surface area contributed by atoms with E-state index in [1.54, 1.807) is 0 Å². The molecule has 1 aromatic heterocycles. The van der Waals surface area contributed by atoms with Gasteiger partial charge in [0.1, 0.15) is 5.82 Å². The summed E-state index contributed by atoms with van der Waals surface area (Å²) >= 11 is 0. The van der Waals surface area contributed by atoms with E-state index in [9.17, 15) is 0 Å². The van der Waals surface area contributed by atoms with Crippen molar-refractivity contribution in [2.45, 2.75) is 6.92 Å². The molecule has 0 aliphatic rings. The zero-order valence-corrected chi connectivity index (χ0v) is 10.9. The molecule has 0 aliphatic heterocycles. The summed E-state index contributed by atoms with van der Waals surface area (Å²) in [5.41, 5.74) is 3.47. The fraction of sp³-hybridized carbons (Fsp3) is 0.118. The maximum atomic E-state index is 4.64. The Labute approximate surface area is 113 Å². The van der Waals surface area contributed by atoms with Gasteiger partial charge in [-0.25, -0.2) is 4.98 Å². The monoisotopic (exact) mass is 248 g/mol. The van der Waals surface area contributed by atoms with Crippen LogP contribution in [0.2, 0.25) is 0 Å². The second kappa shape index (κ2) is 5.11. The first kappa shape index (κ1) is 11.7. The third kappa shape index (κ3) is 2.29. The van der Waals surface area contributed by atoms with Crippen LogP contribution in [0.4, 0.5) is 5.82 Å². The van der Waals surface area contributed by atoms with Gasteiger partial charge < -0.3 is 5.32 Å². The quantitative estimate of drug-likeness (QED) is 0.746. The molecule has 0 spiro atoms. The first-order valence-corrected chi connectivity index (χ1v) is 6.57. The van der Waals surface area contributed by atoms with Gasteiger partial charge in [0.15, 0.2) is 0 Å². The van der Waals surface area contributed by atoms with E-state index < -0.39 is 0 Å². The van der Waals surface area contributed by atoms with Gasteiger partial charge >= 0.3 is 0 Å². The highest BCUT2D eigenvalue weighted by Gasteiger charge is 2.06. The summed E-state index contributed by atoms with van der Waals surface area (Å²) in [6, 6.07) is 20.8. The van der Waals surface area contributed by atoms with E-state index in [0.29, 0.717) is 0 Å². The van der Waals surface area contributed by atoms with Crippen LogP contribution >= 0.6 is 0 Å². The van der Waals surface area contributed by atoms with E-state index in [1.807, 2.05) is 12.1 Å². The van der Waals surface area contributed by atoms with Crippen molar-refractivity contribution in [1.29, 1.82) is 0 Å². The van der Waals surface area contributed by atoms with Gasteiger partial charge in [0.2, 0.25) is 0 Å². The summed E-state index contributed by atoms with van der Waals surface area (Å²) in [5, 5.41) is 4.49. The predicted octanol–water partition coefficient (Wildman–Crippen LogP) is 4.33. The van der Waals surface area contributed by atoms with E-state index >= 15 is 0 Å². The molecule has 0 bridgehead atoms. The number of benzene rings is 2. The third-order valence-corrected chi connectivity index (χ3v) is 3.16. The SMILES string of the molecule is CCNc1cc(-c2ccccc2)c2ccccc2n1. The lowest BCUT2D eigenvalue weighted by molar-refractivity contribution is 1.18. The van der Waals surface area contributed by atoms with Gasteiger partial charge in [0, 0.05) is 11.9 Å². The topological polar surface area (TPSA) is 24.9 Å². The lowest BCUT2D eigenvalue weighted by Gasteiger charge is -2.10. The molecule has 1 heterocycles. The van der Waals surface area contributed by atoms with Crippen LogP contribution in [0.1, 0.15) is 6.92 Å². The van der Waals surface area contributed by atoms with Gasteiger partial charge in [0.05, 0.1) is 5.52 Å². The Balaban J connectivity index is 2.26. The van der Waals surface area contributed by atoms with Gasteiger partial charge in [-0.05, 0) is 30.2 Å². The third-order valence-electron chi connectivity index (χ3n) is 3.16. The second-order valence-electron chi connectivity index (χ2n) is 4.47. The molecule has 3 aromatic rings. The Hall–Kier alpha value is -2.35. The number of aromatic nitrogens is 1. The van der Waals surface area contributed by atoms with Crippen LogP contribution in [0.3, 0.4) is 0 Å². The number of fused-ring (bicyclic) bond motifs is 1. The highest BCUT2D eigenvalue weighted by molar-refractivity contribution is 5.96. The van der Waals surface area contributed by atoms with Crippen LogP contribution in [0.25, 0.3) is 22.0 Å². The summed E-state index contributed by atoms with van der Waals surface area (Å²) < 4.78 is 0. The molecular formula is C17H16N2.